The van der Waals surface area contributed by atoms with Crippen LogP contribution in [0.1, 0.15) is 17.0 Å². The van der Waals surface area contributed by atoms with Crippen LogP contribution in [0.5, 0.6) is 5.75 Å². The number of nitrogens with zero attached hydrogens (tertiary/aromatic N) is 2. The fourth-order valence-corrected chi connectivity index (χ4v) is 1.80. The highest BCUT2D eigenvalue weighted by Crippen LogP contribution is 2.27. The molecule has 2 rings (SSSR count). The maximum absolute atomic E-state index is 9.82. The highest BCUT2D eigenvalue weighted by Gasteiger charge is 2.11. The van der Waals surface area contributed by atoms with Gasteiger partial charge in [-0.25, -0.2) is 4.68 Å². The van der Waals surface area contributed by atoms with Gasteiger partial charge < -0.3 is 5.11 Å². The molecule has 0 amide bonds. The SMILES string of the molecule is Cc1nn(-c2ccc(Cl)cc2O)c(C)c1C. The van der Waals surface area contributed by atoms with Gasteiger partial charge in [0, 0.05) is 16.8 Å². The van der Waals surface area contributed by atoms with Crippen LogP contribution in [0.3, 0.4) is 0 Å². The topological polar surface area (TPSA) is 38.0 Å². The van der Waals surface area contributed by atoms with Crippen LogP contribution in [0.15, 0.2) is 18.2 Å². The van der Waals surface area contributed by atoms with E-state index in [2.05, 4.69) is 5.10 Å². The highest BCUT2D eigenvalue weighted by atomic mass is 35.5. The molecule has 0 fully saturated rings. The van der Waals surface area contributed by atoms with E-state index in [0.717, 1.165) is 17.0 Å². The van der Waals surface area contributed by atoms with E-state index in [4.69, 9.17) is 11.6 Å². The Morgan fingerprint density at radius 3 is 2.44 bits per heavy atom. The zero-order valence-corrected chi connectivity index (χ0v) is 10.2. The highest BCUT2D eigenvalue weighted by molar-refractivity contribution is 6.30. The van der Waals surface area contributed by atoms with E-state index in [1.54, 1.807) is 16.8 Å². The van der Waals surface area contributed by atoms with Gasteiger partial charge >= 0.3 is 0 Å². The van der Waals surface area contributed by atoms with Crippen LogP contribution in [-0.4, -0.2) is 14.9 Å². The molecule has 84 valence electrons. The van der Waals surface area contributed by atoms with Crippen molar-refractivity contribution >= 4 is 11.6 Å². The van der Waals surface area contributed by atoms with Gasteiger partial charge in [-0.05, 0) is 38.5 Å². The fraction of sp³-hybridized carbons (Fsp3) is 0.250. The lowest BCUT2D eigenvalue weighted by Gasteiger charge is -2.07. The summed E-state index contributed by atoms with van der Waals surface area (Å²) in [6.07, 6.45) is 0. The number of hydrogen-bond donors (Lipinski definition) is 1. The van der Waals surface area contributed by atoms with Gasteiger partial charge in [-0.2, -0.15) is 5.10 Å². The molecule has 1 N–H and O–H groups in total. The normalized spacial score (nSPS) is 10.8. The Balaban J connectivity index is 2.63. The molecule has 0 spiro atoms. The predicted octanol–water partition coefficient (Wildman–Crippen LogP) is 3.16. The quantitative estimate of drug-likeness (QED) is 0.826. The zero-order valence-electron chi connectivity index (χ0n) is 9.45. The van der Waals surface area contributed by atoms with Crippen molar-refractivity contribution in [1.82, 2.24) is 9.78 Å². The first-order valence-electron chi connectivity index (χ1n) is 5.02. The molecular weight excluding hydrogens is 224 g/mol. The Labute approximate surface area is 99.3 Å². The lowest BCUT2D eigenvalue weighted by molar-refractivity contribution is 0.470. The number of halogens is 1. The van der Waals surface area contributed by atoms with Crippen LogP contribution in [0.4, 0.5) is 0 Å². The van der Waals surface area contributed by atoms with Gasteiger partial charge in [0.25, 0.3) is 0 Å². The Kier molecular flexibility index (Phi) is 2.64. The number of hydrogen-bond acceptors (Lipinski definition) is 2. The molecule has 16 heavy (non-hydrogen) atoms. The van der Waals surface area contributed by atoms with Crippen LogP contribution in [-0.2, 0) is 0 Å². The predicted molar refractivity (Wildman–Crippen MR) is 64.4 cm³/mol. The van der Waals surface area contributed by atoms with E-state index in [1.807, 2.05) is 20.8 Å². The number of aromatic hydroxyl groups is 1. The number of benzene rings is 1. The molecule has 0 saturated heterocycles. The molecule has 0 radical (unpaired) electrons. The Hall–Kier alpha value is -1.48. The molecular formula is C12H13ClN2O. The van der Waals surface area contributed by atoms with Crippen LogP contribution >= 0.6 is 11.6 Å². The van der Waals surface area contributed by atoms with Gasteiger partial charge in [0.05, 0.1) is 5.69 Å². The Bertz CT molecular complexity index is 546. The molecule has 0 bridgehead atoms. The summed E-state index contributed by atoms with van der Waals surface area (Å²) in [6.45, 7) is 5.94. The molecule has 0 atom stereocenters. The molecule has 3 nitrogen and oxygen atoms in total. The smallest absolute Gasteiger partial charge is 0.142 e. The Morgan fingerprint density at radius 1 is 1.25 bits per heavy atom. The van der Waals surface area contributed by atoms with E-state index in [9.17, 15) is 5.11 Å². The molecule has 4 heteroatoms. The maximum atomic E-state index is 9.82. The van der Waals surface area contributed by atoms with Crippen molar-refractivity contribution in [2.75, 3.05) is 0 Å². The third kappa shape index (κ3) is 1.67. The molecule has 1 aromatic carbocycles. The summed E-state index contributed by atoms with van der Waals surface area (Å²) in [4.78, 5) is 0. The van der Waals surface area contributed by atoms with Crippen LogP contribution in [0.25, 0.3) is 5.69 Å². The molecule has 0 aliphatic heterocycles. The summed E-state index contributed by atoms with van der Waals surface area (Å²) >= 11 is 5.79. The summed E-state index contributed by atoms with van der Waals surface area (Å²) in [5, 5.41) is 14.7. The van der Waals surface area contributed by atoms with Gasteiger partial charge in [-0.15, -0.1) is 0 Å². The summed E-state index contributed by atoms with van der Waals surface area (Å²) in [6, 6.07) is 5.02. The first kappa shape index (κ1) is 11.0. The summed E-state index contributed by atoms with van der Waals surface area (Å²) in [7, 11) is 0. The molecule has 0 aliphatic carbocycles. The average molecular weight is 237 g/mol. The molecule has 1 heterocycles. The van der Waals surface area contributed by atoms with Crippen LogP contribution in [0, 0.1) is 20.8 Å². The minimum Gasteiger partial charge on any atom is -0.506 e. The van der Waals surface area contributed by atoms with E-state index in [-0.39, 0.29) is 5.75 Å². The first-order chi connectivity index (χ1) is 7.50. The molecule has 2 aromatic rings. The van der Waals surface area contributed by atoms with Crippen molar-refractivity contribution in [3.05, 3.63) is 40.2 Å². The van der Waals surface area contributed by atoms with E-state index in [1.165, 1.54) is 6.07 Å². The zero-order chi connectivity index (χ0) is 11.9. The van der Waals surface area contributed by atoms with Crippen molar-refractivity contribution < 1.29 is 5.11 Å². The Morgan fingerprint density at radius 2 is 1.94 bits per heavy atom. The number of phenolic OH excluding ortho intramolecular Hbond substituents is 1. The largest absolute Gasteiger partial charge is 0.506 e. The van der Waals surface area contributed by atoms with E-state index in [0.29, 0.717) is 10.7 Å². The number of aryl methyl sites for hydroxylation is 1. The standard InChI is InChI=1S/C12H13ClN2O/c1-7-8(2)14-15(9(7)3)11-5-4-10(13)6-12(11)16/h4-6,16H,1-3H3. The maximum Gasteiger partial charge on any atom is 0.142 e. The van der Waals surface area contributed by atoms with Gasteiger partial charge in [0.2, 0.25) is 0 Å². The van der Waals surface area contributed by atoms with Crippen LogP contribution < -0.4 is 0 Å². The molecule has 0 unspecified atom stereocenters. The van der Waals surface area contributed by atoms with Crippen molar-refractivity contribution in [3.8, 4) is 11.4 Å². The number of phenols is 1. The second-order valence-corrected chi connectivity index (χ2v) is 4.28. The second-order valence-electron chi connectivity index (χ2n) is 3.84. The van der Waals surface area contributed by atoms with Crippen molar-refractivity contribution in [2.24, 2.45) is 0 Å². The third-order valence-electron chi connectivity index (χ3n) is 2.82. The monoisotopic (exact) mass is 236 g/mol. The molecule has 0 aliphatic rings. The van der Waals surface area contributed by atoms with Crippen molar-refractivity contribution in [2.45, 2.75) is 20.8 Å². The summed E-state index contributed by atoms with van der Waals surface area (Å²) < 4.78 is 1.73. The lowest BCUT2D eigenvalue weighted by atomic mass is 10.2. The van der Waals surface area contributed by atoms with Gasteiger partial charge in [0.1, 0.15) is 11.4 Å². The third-order valence-corrected chi connectivity index (χ3v) is 3.05. The van der Waals surface area contributed by atoms with Crippen LogP contribution in [0.2, 0.25) is 5.02 Å². The van der Waals surface area contributed by atoms with E-state index >= 15 is 0 Å². The summed E-state index contributed by atoms with van der Waals surface area (Å²) in [5.41, 5.74) is 3.77. The van der Waals surface area contributed by atoms with Crippen molar-refractivity contribution in [3.63, 3.8) is 0 Å². The second kappa shape index (κ2) is 3.83. The fourth-order valence-electron chi connectivity index (χ4n) is 1.63. The molecule has 1 aromatic heterocycles. The first-order valence-corrected chi connectivity index (χ1v) is 5.40. The number of rotatable bonds is 1. The van der Waals surface area contributed by atoms with Gasteiger partial charge in [0.15, 0.2) is 0 Å². The summed E-state index contributed by atoms with van der Waals surface area (Å²) in [5.74, 6) is 0.137. The van der Waals surface area contributed by atoms with Gasteiger partial charge in [-0.3, -0.25) is 0 Å². The minimum atomic E-state index is 0.137. The number of aromatic nitrogens is 2. The minimum absolute atomic E-state index is 0.137. The van der Waals surface area contributed by atoms with Crippen molar-refractivity contribution in [1.29, 1.82) is 0 Å². The molecule has 0 saturated carbocycles. The van der Waals surface area contributed by atoms with Gasteiger partial charge in [-0.1, -0.05) is 11.6 Å². The average Bonchev–Trinajstić information content (AvgIpc) is 2.46. The lowest BCUT2D eigenvalue weighted by Crippen LogP contribution is -1.99. The van der Waals surface area contributed by atoms with E-state index < -0.39 is 0 Å².